The number of carbonyl (C=O) groups excluding carboxylic acids is 1. The van der Waals surface area contributed by atoms with Gasteiger partial charge >= 0.3 is 0 Å². The molecule has 0 fully saturated rings. The molecule has 0 aliphatic rings. The molecule has 0 spiro atoms. The molecule has 170 valence electrons. The van der Waals surface area contributed by atoms with Crippen molar-refractivity contribution >= 4 is 44.9 Å². The van der Waals surface area contributed by atoms with Crippen LogP contribution in [0.5, 0.6) is 0 Å². The summed E-state index contributed by atoms with van der Waals surface area (Å²) in [5.41, 5.74) is 3.66. The van der Waals surface area contributed by atoms with Crippen LogP contribution < -0.4 is 10.9 Å². The molecule has 2 heterocycles. The standard InChI is InChI=1S/C26H27N3O2S2/c1-4-9-21-17(3)23-24(33-21)28-26(32-16-22(30)27-19-10-7-6-8-11-19)29(25(23)31)20-14-12-18(5-2)13-15-20/h6-8,10-15H,4-5,9,16H2,1-3H3,(H,27,30). The van der Waals surface area contributed by atoms with E-state index in [1.807, 2.05) is 61.5 Å². The van der Waals surface area contributed by atoms with Crippen molar-refractivity contribution in [2.45, 2.75) is 45.2 Å². The lowest BCUT2D eigenvalue weighted by atomic mass is 10.1. The van der Waals surface area contributed by atoms with Gasteiger partial charge in [-0.3, -0.25) is 14.2 Å². The number of nitrogens with zero attached hydrogens (tertiary/aromatic N) is 2. The highest BCUT2D eigenvalue weighted by Gasteiger charge is 2.20. The van der Waals surface area contributed by atoms with Crippen molar-refractivity contribution in [2.75, 3.05) is 11.1 Å². The molecule has 0 aliphatic heterocycles. The number of amides is 1. The van der Waals surface area contributed by atoms with Crippen molar-refractivity contribution in [3.8, 4) is 5.69 Å². The molecule has 0 atom stereocenters. The zero-order valence-electron chi connectivity index (χ0n) is 19.1. The molecule has 0 saturated carbocycles. The van der Waals surface area contributed by atoms with Crippen LogP contribution in [-0.4, -0.2) is 21.2 Å². The molecule has 0 saturated heterocycles. The van der Waals surface area contributed by atoms with Gasteiger partial charge in [-0.05, 0) is 55.2 Å². The average Bonchev–Trinajstić information content (AvgIpc) is 3.14. The lowest BCUT2D eigenvalue weighted by molar-refractivity contribution is -0.113. The molecule has 7 heteroatoms. The van der Waals surface area contributed by atoms with E-state index in [1.165, 1.54) is 22.2 Å². The summed E-state index contributed by atoms with van der Waals surface area (Å²) < 4.78 is 1.65. The van der Waals surface area contributed by atoms with Crippen molar-refractivity contribution in [1.82, 2.24) is 9.55 Å². The number of carbonyl (C=O) groups is 1. The van der Waals surface area contributed by atoms with E-state index < -0.39 is 0 Å². The maximum Gasteiger partial charge on any atom is 0.267 e. The van der Waals surface area contributed by atoms with Crippen LogP contribution >= 0.6 is 23.1 Å². The Labute approximate surface area is 201 Å². The van der Waals surface area contributed by atoms with Crippen molar-refractivity contribution in [3.05, 3.63) is 81.0 Å². The minimum atomic E-state index is -0.137. The third-order valence-electron chi connectivity index (χ3n) is 5.50. The minimum absolute atomic E-state index is 0.0775. The summed E-state index contributed by atoms with van der Waals surface area (Å²) in [6.45, 7) is 6.25. The summed E-state index contributed by atoms with van der Waals surface area (Å²) >= 11 is 2.87. The predicted octanol–water partition coefficient (Wildman–Crippen LogP) is 6.00. The van der Waals surface area contributed by atoms with E-state index >= 15 is 0 Å². The Morgan fingerprint density at radius 2 is 1.82 bits per heavy atom. The van der Waals surface area contributed by atoms with Gasteiger partial charge in [-0.2, -0.15) is 0 Å². The quantitative estimate of drug-likeness (QED) is 0.250. The van der Waals surface area contributed by atoms with Gasteiger partial charge in [-0.25, -0.2) is 4.98 Å². The molecule has 1 amide bonds. The summed E-state index contributed by atoms with van der Waals surface area (Å²) in [4.78, 5) is 33.1. The number of thioether (sulfide) groups is 1. The highest BCUT2D eigenvalue weighted by Crippen LogP contribution is 2.31. The number of hydrogen-bond acceptors (Lipinski definition) is 5. The molecule has 2 aromatic carbocycles. The topological polar surface area (TPSA) is 64.0 Å². The fraction of sp³-hybridized carbons (Fsp3) is 0.269. The summed E-state index contributed by atoms with van der Waals surface area (Å²) in [5, 5.41) is 4.11. The second-order valence-electron chi connectivity index (χ2n) is 7.84. The Morgan fingerprint density at radius 3 is 2.48 bits per heavy atom. The van der Waals surface area contributed by atoms with Crippen LogP contribution in [0.2, 0.25) is 0 Å². The highest BCUT2D eigenvalue weighted by molar-refractivity contribution is 7.99. The normalized spacial score (nSPS) is 11.1. The molecule has 2 aromatic heterocycles. The van der Waals surface area contributed by atoms with Gasteiger partial charge in [0.25, 0.3) is 5.56 Å². The minimum Gasteiger partial charge on any atom is -0.325 e. The fourth-order valence-electron chi connectivity index (χ4n) is 3.73. The first-order valence-corrected chi connectivity index (χ1v) is 12.9. The SMILES string of the molecule is CCCc1sc2nc(SCC(=O)Nc3ccccc3)n(-c3ccc(CC)cc3)c(=O)c2c1C. The molecular weight excluding hydrogens is 450 g/mol. The van der Waals surface area contributed by atoms with Gasteiger partial charge in [0.05, 0.1) is 16.8 Å². The second-order valence-corrected chi connectivity index (χ2v) is 9.86. The Kier molecular flexibility index (Phi) is 7.30. The summed E-state index contributed by atoms with van der Waals surface area (Å²) in [5.74, 6) is 0.0222. The van der Waals surface area contributed by atoms with Crippen molar-refractivity contribution in [1.29, 1.82) is 0 Å². The second kappa shape index (κ2) is 10.4. The van der Waals surface area contributed by atoms with Crippen LogP contribution in [-0.2, 0) is 17.6 Å². The Hall–Kier alpha value is -2.90. The number of nitrogens with one attached hydrogen (secondary N) is 1. The van der Waals surface area contributed by atoms with Crippen LogP contribution in [0.4, 0.5) is 5.69 Å². The van der Waals surface area contributed by atoms with Crippen LogP contribution in [0.1, 0.15) is 36.3 Å². The van der Waals surface area contributed by atoms with Crippen LogP contribution in [0, 0.1) is 6.92 Å². The molecule has 33 heavy (non-hydrogen) atoms. The summed E-state index contributed by atoms with van der Waals surface area (Å²) in [6, 6.07) is 17.3. The lowest BCUT2D eigenvalue weighted by Crippen LogP contribution is -2.23. The van der Waals surface area contributed by atoms with Crippen molar-refractivity contribution in [2.24, 2.45) is 0 Å². The first kappa shape index (κ1) is 23.3. The lowest BCUT2D eigenvalue weighted by Gasteiger charge is -2.13. The van der Waals surface area contributed by atoms with E-state index in [4.69, 9.17) is 4.98 Å². The first-order chi connectivity index (χ1) is 16.0. The van der Waals surface area contributed by atoms with Gasteiger partial charge in [0.15, 0.2) is 5.16 Å². The molecular formula is C26H27N3O2S2. The third kappa shape index (κ3) is 5.04. The van der Waals surface area contributed by atoms with Crippen molar-refractivity contribution in [3.63, 3.8) is 0 Å². The molecule has 0 radical (unpaired) electrons. The highest BCUT2D eigenvalue weighted by atomic mass is 32.2. The van der Waals surface area contributed by atoms with Gasteiger partial charge in [0.1, 0.15) is 4.83 Å². The van der Waals surface area contributed by atoms with Gasteiger partial charge in [-0.1, -0.05) is 62.4 Å². The smallest absolute Gasteiger partial charge is 0.267 e. The maximum atomic E-state index is 13.7. The van der Waals surface area contributed by atoms with E-state index in [0.29, 0.717) is 10.5 Å². The van der Waals surface area contributed by atoms with E-state index in [2.05, 4.69) is 19.2 Å². The molecule has 1 N–H and O–H groups in total. The van der Waals surface area contributed by atoms with E-state index in [-0.39, 0.29) is 17.2 Å². The van der Waals surface area contributed by atoms with Gasteiger partial charge < -0.3 is 5.32 Å². The van der Waals surface area contributed by atoms with Gasteiger partial charge in [0, 0.05) is 10.6 Å². The monoisotopic (exact) mass is 477 g/mol. The average molecular weight is 478 g/mol. The van der Waals surface area contributed by atoms with Gasteiger partial charge in [-0.15, -0.1) is 11.3 Å². The number of benzene rings is 2. The number of anilines is 1. The van der Waals surface area contributed by atoms with E-state index in [9.17, 15) is 9.59 Å². The van der Waals surface area contributed by atoms with Crippen LogP contribution in [0.15, 0.2) is 64.5 Å². The molecule has 4 rings (SSSR count). The Balaban J connectivity index is 1.74. The van der Waals surface area contributed by atoms with Crippen LogP contribution in [0.3, 0.4) is 0 Å². The zero-order valence-corrected chi connectivity index (χ0v) is 20.7. The summed E-state index contributed by atoms with van der Waals surface area (Å²) in [7, 11) is 0. The molecule has 5 nitrogen and oxygen atoms in total. The van der Waals surface area contributed by atoms with Crippen LogP contribution in [0.25, 0.3) is 15.9 Å². The predicted molar refractivity (Wildman–Crippen MR) is 139 cm³/mol. The number of aryl methyl sites for hydroxylation is 3. The number of rotatable bonds is 8. The number of aromatic nitrogens is 2. The molecule has 0 aliphatic carbocycles. The number of fused-ring (bicyclic) bond motifs is 1. The van der Waals surface area contributed by atoms with Gasteiger partial charge in [0.2, 0.25) is 5.91 Å². The third-order valence-corrected chi connectivity index (χ3v) is 7.69. The number of hydrogen-bond donors (Lipinski definition) is 1. The first-order valence-electron chi connectivity index (χ1n) is 11.1. The Bertz CT molecular complexity index is 1330. The summed E-state index contributed by atoms with van der Waals surface area (Å²) in [6.07, 6.45) is 2.87. The number of para-hydroxylation sites is 1. The fourth-order valence-corrected chi connectivity index (χ4v) is 5.86. The molecule has 0 unspecified atom stereocenters. The largest absolute Gasteiger partial charge is 0.325 e. The Morgan fingerprint density at radius 1 is 1.09 bits per heavy atom. The zero-order chi connectivity index (χ0) is 23.4. The van der Waals surface area contributed by atoms with Crippen molar-refractivity contribution < 1.29 is 4.79 Å². The van der Waals surface area contributed by atoms with E-state index in [1.54, 1.807) is 15.9 Å². The molecule has 0 bridgehead atoms. The maximum absolute atomic E-state index is 13.7. The number of thiophene rings is 1. The van der Waals surface area contributed by atoms with E-state index in [0.717, 1.165) is 41.0 Å². The molecule has 4 aromatic rings.